The number of methoxy groups -OCH3 is 1. The van der Waals surface area contributed by atoms with Gasteiger partial charge >= 0.3 is 0 Å². The summed E-state index contributed by atoms with van der Waals surface area (Å²) in [5.41, 5.74) is 1.11. The van der Waals surface area contributed by atoms with E-state index in [9.17, 15) is 0 Å². The van der Waals surface area contributed by atoms with E-state index < -0.39 is 0 Å². The highest BCUT2D eigenvalue weighted by Crippen LogP contribution is 2.35. The number of hydrogen-bond donors (Lipinski definition) is 1. The number of aryl methyl sites for hydroxylation is 1. The third kappa shape index (κ3) is 3.84. The van der Waals surface area contributed by atoms with Crippen molar-refractivity contribution in [1.82, 2.24) is 14.9 Å². The van der Waals surface area contributed by atoms with Gasteiger partial charge in [0.15, 0.2) is 0 Å². The van der Waals surface area contributed by atoms with E-state index >= 15 is 0 Å². The molecule has 118 valence electrons. The molecule has 2 unspecified atom stereocenters. The van der Waals surface area contributed by atoms with Gasteiger partial charge in [-0.25, -0.2) is 4.98 Å². The average molecular weight is 292 g/mol. The summed E-state index contributed by atoms with van der Waals surface area (Å²) in [4.78, 5) is 11.2. The predicted molar refractivity (Wildman–Crippen MR) is 85.9 cm³/mol. The van der Waals surface area contributed by atoms with Crippen molar-refractivity contribution in [2.24, 2.45) is 5.92 Å². The smallest absolute Gasteiger partial charge is 0.226 e. The lowest BCUT2D eigenvalue weighted by Gasteiger charge is -2.45. The van der Waals surface area contributed by atoms with Crippen molar-refractivity contribution in [1.29, 1.82) is 0 Å². The third-order valence-corrected chi connectivity index (χ3v) is 4.63. The van der Waals surface area contributed by atoms with Gasteiger partial charge in [-0.3, -0.25) is 0 Å². The summed E-state index contributed by atoms with van der Waals surface area (Å²) in [5, 5.41) is 3.43. The number of nitrogens with one attached hydrogen (secondary N) is 1. The van der Waals surface area contributed by atoms with E-state index in [4.69, 9.17) is 4.74 Å². The monoisotopic (exact) mass is 292 g/mol. The molecule has 1 heterocycles. The van der Waals surface area contributed by atoms with Crippen LogP contribution >= 0.6 is 0 Å². The number of rotatable bonds is 5. The van der Waals surface area contributed by atoms with Crippen molar-refractivity contribution in [3.8, 4) is 5.88 Å². The van der Waals surface area contributed by atoms with Crippen LogP contribution in [0, 0.1) is 12.8 Å². The number of likely N-dealkylation sites (N-methyl/N-ethyl adjacent to an activating group) is 1. The minimum atomic E-state index is 0.192. The molecule has 1 aromatic rings. The van der Waals surface area contributed by atoms with Crippen molar-refractivity contribution in [2.75, 3.05) is 33.1 Å². The van der Waals surface area contributed by atoms with Gasteiger partial charge in [0.2, 0.25) is 11.8 Å². The number of nitrogens with zero attached hydrogens (tertiary/aromatic N) is 3. The van der Waals surface area contributed by atoms with E-state index in [0.717, 1.165) is 18.2 Å². The first-order valence-electron chi connectivity index (χ1n) is 7.76. The summed E-state index contributed by atoms with van der Waals surface area (Å²) < 4.78 is 5.22. The van der Waals surface area contributed by atoms with Crippen molar-refractivity contribution in [3.05, 3.63) is 11.8 Å². The Bertz CT molecular complexity index is 477. The number of hydrogen-bond acceptors (Lipinski definition) is 5. The van der Waals surface area contributed by atoms with Gasteiger partial charge in [0.05, 0.1) is 7.11 Å². The fourth-order valence-electron chi connectivity index (χ4n) is 3.32. The van der Waals surface area contributed by atoms with E-state index in [1.54, 1.807) is 7.11 Å². The minimum absolute atomic E-state index is 0.192. The normalized spacial score (nSPS) is 25.9. The van der Waals surface area contributed by atoms with Crippen LogP contribution in [0.3, 0.4) is 0 Å². The van der Waals surface area contributed by atoms with Crippen molar-refractivity contribution in [3.63, 3.8) is 0 Å². The lowest BCUT2D eigenvalue weighted by Crippen LogP contribution is -2.52. The van der Waals surface area contributed by atoms with Crippen molar-refractivity contribution in [2.45, 2.75) is 45.1 Å². The van der Waals surface area contributed by atoms with Crippen LogP contribution in [0.1, 0.15) is 38.3 Å². The fourth-order valence-corrected chi connectivity index (χ4v) is 3.32. The highest BCUT2D eigenvalue weighted by atomic mass is 16.5. The summed E-state index contributed by atoms with van der Waals surface area (Å²) >= 11 is 0. The molecule has 5 nitrogen and oxygen atoms in total. The summed E-state index contributed by atoms with van der Waals surface area (Å²) in [7, 11) is 5.99. The molecular formula is C16H28N4O. The van der Waals surface area contributed by atoms with Gasteiger partial charge in [-0.05, 0) is 39.8 Å². The molecule has 0 amide bonds. The van der Waals surface area contributed by atoms with Gasteiger partial charge in [-0.15, -0.1) is 0 Å². The largest absolute Gasteiger partial charge is 0.481 e. The van der Waals surface area contributed by atoms with Gasteiger partial charge < -0.3 is 15.0 Å². The molecule has 0 spiro atoms. The van der Waals surface area contributed by atoms with Crippen molar-refractivity contribution >= 4 is 5.95 Å². The molecule has 5 heteroatoms. The molecule has 1 fully saturated rings. The Morgan fingerprint density at radius 1 is 1.43 bits per heavy atom. The molecule has 0 aromatic carbocycles. The van der Waals surface area contributed by atoms with Crippen LogP contribution in [-0.4, -0.2) is 48.2 Å². The van der Waals surface area contributed by atoms with Crippen LogP contribution in [0.25, 0.3) is 0 Å². The van der Waals surface area contributed by atoms with E-state index in [2.05, 4.69) is 41.2 Å². The lowest BCUT2D eigenvalue weighted by atomic mass is 9.75. The summed E-state index contributed by atoms with van der Waals surface area (Å²) in [6.07, 6.45) is 5.07. The summed E-state index contributed by atoms with van der Waals surface area (Å²) in [5.74, 6) is 2.04. The zero-order valence-corrected chi connectivity index (χ0v) is 13.9. The quantitative estimate of drug-likeness (QED) is 0.904. The van der Waals surface area contributed by atoms with Crippen LogP contribution in [0.2, 0.25) is 0 Å². The Morgan fingerprint density at radius 3 is 2.81 bits per heavy atom. The number of aromatic nitrogens is 2. The molecule has 1 aliphatic rings. The fraction of sp³-hybridized carbons (Fsp3) is 0.750. The van der Waals surface area contributed by atoms with Gasteiger partial charge in [0.25, 0.3) is 0 Å². The Hall–Kier alpha value is -1.36. The van der Waals surface area contributed by atoms with E-state index in [0.29, 0.717) is 11.8 Å². The second-order valence-corrected chi connectivity index (χ2v) is 6.55. The molecule has 21 heavy (non-hydrogen) atoms. The van der Waals surface area contributed by atoms with Gasteiger partial charge in [0.1, 0.15) is 0 Å². The zero-order chi connectivity index (χ0) is 15.5. The predicted octanol–water partition coefficient (Wildman–Crippen LogP) is 2.72. The SMILES string of the molecule is COc1cc(C)nc(NCC2(N(C)C)CCCC(C)C2)n1. The Labute approximate surface area is 128 Å². The zero-order valence-electron chi connectivity index (χ0n) is 13.9. The second kappa shape index (κ2) is 6.60. The molecule has 0 bridgehead atoms. The van der Waals surface area contributed by atoms with E-state index in [-0.39, 0.29) is 5.54 Å². The Balaban J connectivity index is 2.10. The highest BCUT2D eigenvalue weighted by Gasteiger charge is 2.36. The molecule has 2 rings (SSSR count). The molecular weight excluding hydrogens is 264 g/mol. The van der Waals surface area contributed by atoms with Gasteiger partial charge in [-0.1, -0.05) is 19.8 Å². The topological polar surface area (TPSA) is 50.3 Å². The van der Waals surface area contributed by atoms with Gasteiger partial charge in [0, 0.05) is 23.8 Å². The maximum Gasteiger partial charge on any atom is 0.226 e. The van der Waals surface area contributed by atoms with Crippen LogP contribution in [0.5, 0.6) is 5.88 Å². The maximum atomic E-state index is 5.22. The molecule has 2 atom stereocenters. The highest BCUT2D eigenvalue weighted by molar-refractivity contribution is 5.31. The van der Waals surface area contributed by atoms with Crippen LogP contribution in [0.15, 0.2) is 6.07 Å². The van der Waals surface area contributed by atoms with Gasteiger partial charge in [-0.2, -0.15) is 4.98 Å². The Morgan fingerprint density at radius 2 is 2.19 bits per heavy atom. The molecule has 0 aliphatic heterocycles. The first-order valence-corrected chi connectivity index (χ1v) is 7.76. The average Bonchev–Trinajstić information content (AvgIpc) is 2.44. The van der Waals surface area contributed by atoms with Crippen molar-refractivity contribution < 1.29 is 4.74 Å². The van der Waals surface area contributed by atoms with E-state index in [1.807, 2.05) is 13.0 Å². The molecule has 0 radical (unpaired) electrons. The summed E-state index contributed by atoms with van der Waals surface area (Å²) in [6, 6.07) is 1.84. The first-order chi connectivity index (χ1) is 9.95. The molecule has 1 N–H and O–H groups in total. The molecule has 1 saturated carbocycles. The molecule has 1 aromatic heterocycles. The lowest BCUT2D eigenvalue weighted by molar-refractivity contribution is 0.0880. The second-order valence-electron chi connectivity index (χ2n) is 6.55. The molecule has 1 aliphatic carbocycles. The van der Waals surface area contributed by atoms with Crippen LogP contribution < -0.4 is 10.1 Å². The van der Waals surface area contributed by atoms with E-state index in [1.165, 1.54) is 25.7 Å². The first kappa shape index (κ1) is 16.0. The van der Waals surface area contributed by atoms with Crippen LogP contribution in [-0.2, 0) is 0 Å². The maximum absolute atomic E-state index is 5.22. The summed E-state index contributed by atoms with van der Waals surface area (Å²) in [6.45, 7) is 5.18. The Kier molecular flexibility index (Phi) is 5.04. The minimum Gasteiger partial charge on any atom is -0.481 e. The number of ether oxygens (including phenoxy) is 1. The third-order valence-electron chi connectivity index (χ3n) is 4.63. The van der Waals surface area contributed by atoms with Crippen LogP contribution in [0.4, 0.5) is 5.95 Å². The number of anilines is 1. The standard InChI is InChI=1S/C16H28N4O/c1-12-7-6-8-16(10-12,20(3)4)11-17-15-18-13(2)9-14(19-15)21-5/h9,12H,6-8,10-11H2,1-5H3,(H,17,18,19). The molecule has 0 saturated heterocycles.